The smallest absolute Gasteiger partial charge is 0.239 e. The Balaban J connectivity index is 2.60. The van der Waals surface area contributed by atoms with Gasteiger partial charge in [-0.3, -0.25) is 9.48 Å². The van der Waals surface area contributed by atoms with Gasteiger partial charge in [-0.05, 0) is 12.3 Å². The van der Waals surface area contributed by atoms with Gasteiger partial charge in [0.2, 0.25) is 5.91 Å². The van der Waals surface area contributed by atoms with Gasteiger partial charge in [0.25, 0.3) is 0 Å². The second-order valence-corrected chi connectivity index (χ2v) is 4.27. The van der Waals surface area contributed by atoms with Crippen LogP contribution in [0.2, 0.25) is 0 Å². The number of anilines is 1. The molecule has 5 heteroatoms. The molecule has 1 amide bonds. The second kappa shape index (κ2) is 5.53. The Morgan fingerprint density at radius 1 is 1.62 bits per heavy atom. The number of hydrogen-bond acceptors (Lipinski definition) is 3. The maximum absolute atomic E-state index is 10.7. The van der Waals surface area contributed by atoms with Crippen molar-refractivity contribution in [2.45, 2.75) is 39.8 Å². The highest BCUT2D eigenvalue weighted by Gasteiger charge is 2.11. The number of primary amides is 1. The molecule has 1 atom stereocenters. The lowest BCUT2D eigenvalue weighted by molar-refractivity contribution is -0.118. The van der Waals surface area contributed by atoms with Gasteiger partial charge in [-0.15, -0.1) is 0 Å². The molecule has 1 rings (SSSR count). The molecule has 16 heavy (non-hydrogen) atoms. The zero-order valence-corrected chi connectivity index (χ0v) is 10.1. The summed E-state index contributed by atoms with van der Waals surface area (Å²) in [4.78, 5) is 10.7. The van der Waals surface area contributed by atoms with Gasteiger partial charge in [-0.2, -0.15) is 5.10 Å². The van der Waals surface area contributed by atoms with E-state index in [4.69, 9.17) is 5.73 Å². The summed E-state index contributed by atoms with van der Waals surface area (Å²) in [7, 11) is 0. The van der Waals surface area contributed by atoms with Gasteiger partial charge in [-0.1, -0.05) is 20.8 Å². The Labute approximate surface area is 96.0 Å². The van der Waals surface area contributed by atoms with Gasteiger partial charge in [-0.25, -0.2) is 0 Å². The number of carbonyl (C=O) groups is 1. The third kappa shape index (κ3) is 3.56. The molecule has 90 valence electrons. The largest absolute Gasteiger partial charge is 0.368 e. The molecule has 1 unspecified atom stereocenters. The summed E-state index contributed by atoms with van der Waals surface area (Å²) >= 11 is 0. The average Bonchev–Trinajstić information content (AvgIpc) is 2.60. The quantitative estimate of drug-likeness (QED) is 0.763. The van der Waals surface area contributed by atoms with Crippen molar-refractivity contribution in [3.8, 4) is 0 Å². The molecule has 0 saturated carbocycles. The predicted molar refractivity (Wildman–Crippen MR) is 64.0 cm³/mol. The van der Waals surface area contributed by atoms with Gasteiger partial charge in [0, 0.05) is 18.3 Å². The third-order valence-electron chi connectivity index (χ3n) is 2.54. The fourth-order valence-corrected chi connectivity index (χ4v) is 1.62. The predicted octanol–water partition coefficient (Wildman–Crippen LogP) is 1.21. The van der Waals surface area contributed by atoms with Gasteiger partial charge in [0.05, 0.1) is 0 Å². The van der Waals surface area contributed by atoms with Crippen LogP contribution in [0, 0.1) is 5.92 Å². The van der Waals surface area contributed by atoms with Crippen LogP contribution in [0.5, 0.6) is 0 Å². The highest BCUT2D eigenvalue weighted by atomic mass is 16.1. The fourth-order valence-electron chi connectivity index (χ4n) is 1.62. The van der Waals surface area contributed by atoms with Crippen LogP contribution >= 0.6 is 0 Å². The molecular formula is C11H20N4O. The first-order valence-electron chi connectivity index (χ1n) is 5.61. The Kier molecular flexibility index (Phi) is 4.34. The fraction of sp³-hybridized carbons (Fsp3) is 0.636. The van der Waals surface area contributed by atoms with E-state index in [0.717, 1.165) is 12.2 Å². The van der Waals surface area contributed by atoms with Crippen LogP contribution < -0.4 is 11.1 Å². The van der Waals surface area contributed by atoms with Crippen molar-refractivity contribution in [1.82, 2.24) is 9.78 Å². The first-order valence-corrected chi connectivity index (χ1v) is 5.61. The summed E-state index contributed by atoms with van der Waals surface area (Å²) in [6.07, 6.45) is 2.79. The van der Waals surface area contributed by atoms with Crippen molar-refractivity contribution in [3.63, 3.8) is 0 Å². The maximum atomic E-state index is 10.7. The number of nitrogens with two attached hydrogens (primary N) is 1. The molecule has 1 aromatic rings. The summed E-state index contributed by atoms with van der Waals surface area (Å²) in [5, 5.41) is 7.56. The SMILES string of the molecule is CCC(Nc1ccn(CC(N)=O)n1)C(C)C. The van der Waals surface area contributed by atoms with Crippen molar-refractivity contribution in [2.24, 2.45) is 11.7 Å². The van der Waals surface area contributed by atoms with Crippen LogP contribution in [0.1, 0.15) is 27.2 Å². The normalized spacial score (nSPS) is 12.8. The van der Waals surface area contributed by atoms with Crippen LogP contribution in [-0.4, -0.2) is 21.7 Å². The van der Waals surface area contributed by atoms with Crippen molar-refractivity contribution < 1.29 is 4.79 Å². The van der Waals surface area contributed by atoms with Gasteiger partial charge in [0.1, 0.15) is 12.4 Å². The van der Waals surface area contributed by atoms with Gasteiger partial charge >= 0.3 is 0 Å². The summed E-state index contributed by atoms with van der Waals surface area (Å²) in [5.41, 5.74) is 5.09. The van der Waals surface area contributed by atoms with E-state index in [9.17, 15) is 4.79 Å². The van der Waals surface area contributed by atoms with E-state index in [1.807, 2.05) is 6.07 Å². The summed E-state index contributed by atoms with van der Waals surface area (Å²) in [5.74, 6) is 0.957. The zero-order chi connectivity index (χ0) is 12.1. The van der Waals surface area contributed by atoms with E-state index < -0.39 is 0 Å². The molecule has 1 aromatic heterocycles. The van der Waals surface area contributed by atoms with E-state index in [-0.39, 0.29) is 12.5 Å². The van der Waals surface area contributed by atoms with E-state index in [1.165, 1.54) is 4.68 Å². The Bertz CT molecular complexity index is 346. The highest BCUT2D eigenvalue weighted by Crippen LogP contribution is 2.12. The molecule has 1 heterocycles. The number of carbonyl (C=O) groups excluding carboxylic acids is 1. The first-order chi connectivity index (χ1) is 7.52. The lowest BCUT2D eigenvalue weighted by Crippen LogP contribution is -2.25. The monoisotopic (exact) mass is 224 g/mol. The number of nitrogens with zero attached hydrogens (tertiary/aromatic N) is 2. The van der Waals surface area contributed by atoms with Gasteiger partial charge in [0.15, 0.2) is 0 Å². The molecule has 0 aromatic carbocycles. The number of nitrogens with one attached hydrogen (secondary N) is 1. The molecule has 0 saturated heterocycles. The minimum atomic E-state index is -0.384. The summed E-state index contributed by atoms with van der Waals surface area (Å²) in [6.45, 7) is 6.60. The van der Waals surface area contributed by atoms with Crippen molar-refractivity contribution >= 4 is 11.7 Å². The zero-order valence-electron chi connectivity index (χ0n) is 10.1. The van der Waals surface area contributed by atoms with Crippen molar-refractivity contribution in [1.29, 1.82) is 0 Å². The molecule has 0 aliphatic heterocycles. The molecular weight excluding hydrogens is 204 g/mol. The minimum absolute atomic E-state index is 0.125. The molecule has 0 fully saturated rings. The van der Waals surface area contributed by atoms with E-state index >= 15 is 0 Å². The molecule has 0 aliphatic rings. The van der Waals surface area contributed by atoms with Crippen molar-refractivity contribution in [2.75, 3.05) is 5.32 Å². The van der Waals surface area contributed by atoms with E-state index in [1.54, 1.807) is 6.20 Å². The molecule has 5 nitrogen and oxygen atoms in total. The molecule has 0 bridgehead atoms. The van der Waals surface area contributed by atoms with Crippen molar-refractivity contribution in [3.05, 3.63) is 12.3 Å². The lowest BCUT2D eigenvalue weighted by Gasteiger charge is -2.20. The Morgan fingerprint density at radius 2 is 2.31 bits per heavy atom. The summed E-state index contributed by atoms with van der Waals surface area (Å²) in [6, 6.07) is 2.26. The third-order valence-corrected chi connectivity index (χ3v) is 2.54. The molecule has 0 spiro atoms. The maximum Gasteiger partial charge on any atom is 0.239 e. The minimum Gasteiger partial charge on any atom is -0.368 e. The van der Waals surface area contributed by atoms with E-state index in [2.05, 4.69) is 31.2 Å². The van der Waals surface area contributed by atoms with Crippen LogP contribution in [0.25, 0.3) is 0 Å². The highest BCUT2D eigenvalue weighted by molar-refractivity contribution is 5.73. The molecule has 3 N–H and O–H groups in total. The Hall–Kier alpha value is -1.52. The van der Waals surface area contributed by atoms with Crippen LogP contribution in [0.4, 0.5) is 5.82 Å². The Morgan fingerprint density at radius 3 is 2.81 bits per heavy atom. The number of hydrogen-bond donors (Lipinski definition) is 2. The standard InChI is InChI=1S/C11H20N4O/c1-4-9(8(2)3)13-11-5-6-15(14-11)7-10(12)16/h5-6,8-9H,4,7H2,1-3H3,(H2,12,16)(H,13,14). The van der Waals surface area contributed by atoms with Crippen LogP contribution in [0.3, 0.4) is 0 Å². The van der Waals surface area contributed by atoms with Crippen LogP contribution in [-0.2, 0) is 11.3 Å². The number of aromatic nitrogens is 2. The topological polar surface area (TPSA) is 72.9 Å². The lowest BCUT2D eigenvalue weighted by atomic mass is 10.0. The summed E-state index contributed by atoms with van der Waals surface area (Å²) < 4.78 is 1.54. The first kappa shape index (κ1) is 12.5. The number of rotatable bonds is 6. The van der Waals surface area contributed by atoms with Gasteiger partial charge < -0.3 is 11.1 Å². The molecule has 0 radical (unpaired) electrons. The second-order valence-electron chi connectivity index (χ2n) is 4.27. The van der Waals surface area contributed by atoms with E-state index in [0.29, 0.717) is 12.0 Å². The number of amides is 1. The van der Waals surface area contributed by atoms with Crippen LogP contribution in [0.15, 0.2) is 12.3 Å². The molecule has 0 aliphatic carbocycles. The average molecular weight is 224 g/mol.